The molecule has 0 aromatic heterocycles. The summed E-state index contributed by atoms with van der Waals surface area (Å²) in [4.78, 5) is 0. The zero-order valence-electron chi connectivity index (χ0n) is 11.8. The molecule has 1 atom stereocenters. The monoisotopic (exact) mass is 241 g/mol. The lowest BCUT2D eigenvalue weighted by molar-refractivity contribution is 0.0604. The van der Waals surface area contributed by atoms with Gasteiger partial charge in [-0.1, -0.05) is 39.0 Å². The first-order valence-corrected chi connectivity index (χ1v) is 7.61. The fraction of sp³-hybridized carbons (Fsp3) is 1.00. The fourth-order valence-corrected chi connectivity index (χ4v) is 2.76. The van der Waals surface area contributed by atoms with Crippen LogP contribution in [0, 0.1) is 5.92 Å². The molecule has 0 aromatic rings. The minimum Gasteiger partial charge on any atom is -0.381 e. The molecule has 1 N–H and O–H groups in total. The Balaban J connectivity index is 2.05. The van der Waals surface area contributed by atoms with Crippen LogP contribution in [0.15, 0.2) is 0 Å². The predicted octanol–water partition coefficient (Wildman–Crippen LogP) is 3.75. The quantitative estimate of drug-likeness (QED) is 0.621. The normalized spacial score (nSPS) is 19.4. The second-order valence-corrected chi connectivity index (χ2v) is 5.48. The van der Waals surface area contributed by atoms with Crippen molar-refractivity contribution in [3.63, 3.8) is 0 Å². The van der Waals surface area contributed by atoms with Crippen molar-refractivity contribution in [2.45, 2.75) is 70.8 Å². The molecule has 17 heavy (non-hydrogen) atoms. The first-order chi connectivity index (χ1) is 8.36. The maximum Gasteiger partial charge on any atom is 0.0468 e. The molecule has 0 radical (unpaired) electrons. The molecular weight excluding hydrogens is 210 g/mol. The highest BCUT2D eigenvalue weighted by Gasteiger charge is 2.17. The molecule has 1 fully saturated rings. The second kappa shape index (κ2) is 9.90. The van der Waals surface area contributed by atoms with E-state index in [1.54, 1.807) is 0 Å². The highest BCUT2D eigenvalue weighted by atomic mass is 16.5. The van der Waals surface area contributed by atoms with Crippen LogP contribution in [-0.2, 0) is 4.74 Å². The molecule has 0 aliphatic carbocycles. The van der Waals surface area contributed by atoms with E-state index in [-0.39, 0.29) is 0 Å². The largest absolute Gasteiger partial charge is 0.381 e. The summed E-state index contributed by atoms with van der Waals surface area (Å²) in [5, 5.41) is 3.50. The van der Waals surface area contributed by atoms with E-state index in [2.05, 4.69) is 19.3 Å². The van der Waals surface area contributed by atoms with Crippen LogP contribution < -0.4 is 5.32 Å². The van der Waals surface area contributed by atoms with Gasteiger partial charge in [0, 0.05) is 19.3 Å². The Labute approximate surface area is 108 Å². The van der Waals surface area contributed by atoms with Gasteiger partial charge in [0.05, 0.1) is 0 Å². The molecular formula is C15H31NO. The van der Waals surface area contributed by atoms with Crippen LogP contribution in [0.25, 0.3) is 0 Å². The van der Waals surface area contributed by atoms with Gasteiger partial charge in [0.15, 0.2) is 0 Å². The summed E-state index contributed by atoms with van der Waals surface area (Å²) in [6.45, 7) is 4.25. The SMILES string of the molecule is CCCCCCCC(CC1CCOCC1)NC. The molecule has 1 aliphatic rings. The van der Waals surface area contributed by atoms with Crippen LogP contribution in [-0.4, -0.2) is 26.3 Å². The van der Waals surface area contributed by atoms with Gasteiger partial charge in [-0.2, -0.15) is 0 Å². The maximum atomic E-state index is 5.42. The van der Waals surface area contributed by atoms with E-state index in [1.165, 1.54) is 57.8 Å². The third-order valence-corrected chi connectivity index (χ3v) is 4.02. The van der Waals surface area contributed by atoms with Crippen molar-refractivity contribution >= 4 is 0 Å². The average molecular weight is 241 g/mol. The Morgan fingerprint density at radius 3 is 2.47 bits per heavy atom. The first kappa shape index (κ1) is 15.0. The maximum absolute atomic E-state index is 5.42. The molecule has 1 heterocycles. The van der Waals surface area contributed by atoms with Gasteiger partial charge in [-0.25, -0.2) is 0 Å². The smallest absolute Gasteiger partial charge is 0.0468 e. The van der Waals surface area contributed by atoms with E-state index in [1.807, 2.05) is 0 Å². The molecule has 1 saturated heterocycles. The zero-order valence-corrected chi connectivity index (χ0v) is 11.8. The summed E-state index contributed by atoms with van der Waals surface area (Å²) < 4.78 is 5.42. The van der Waals surface area contributed by atoms with Crippen molar-refractivity contribution in [3.8, 4) is 0 Å². The third-order valence-electron chi connectivity index (χ3n) is 4.02. The summed E-state index contributed by atoms with van der Waals surface area (Å²) in [5.41, 5.74) is 0. The molecule has 1 unspecified atom stereocenters. The van der Waals surface area contributed by atoms with Crippen LogP contribution in [0.4, 0.5) is 0 Å². The molecule has 0 saturated carbocycles. The minimum absolute atomic E-state index is 0.736. The van der Waals surface area contributed by atoms with Crippen molar-refractivity contribution in [2.24, 2.45) is 5.92 Å². The minimum atomic E-state index is 0.736. The second-order valence-electron chi connectivity index (χ2n) is 5.48. The fourth-order valence-electron chi connectivity index (χ4n) is 2.76. The molecule has 0 aromatic carbocycles. The van der Waals surface area contributed by atoms with E-state index in [9.17, 15) is 0 Å². The van der Waals surface area contributed by atoms with Crippen molar-refractivity contribution in [2.75, 3.05) is 20.3 Å². The van der Waals surface area contributed by atoms with Crippen molar-refractivity contribution in [1.82, 2.24) is 5.32 Å². The molecule has 0 spiro atoms. The van der Waals surface area contributed by atoms with Gasteiger partial charge < -0.3 is 10.1 Å². The molecule has 2 nitrogen and oxygen atoms in total. The lowest BCUT2D eigenvalue weighted by Crippen LogP contribution is -2.30. The average Bonchev–Trinajstić information content (AvgIpc) is 2.38. The number of rotatable bonds is 9. The van der Waals surface area contributed by atoms with Crippen molar-refractivity contribution < 1.29 is 4.74 Å². The summed E-state index contributed by atoms with van der Waals surface area (Å²) in [5.74, 6) is 0.900. The number of hydrogen-bond acceptors (Lipinski definition) is 2. The van der Waals surface area contributed by atoms with E-state index in [4.69, 9.17) is 4.74 Å². The molecule has 1 aliphatic heterocycles. The van der Waals surface area contributed by atoms with Crippen molar-refractivity contribution in [1.29, 1.82) is 0 Å². The lowest BCUT2D eigenvalue weighted by atomic mass is 9.90. The Morgan fingerprint density at radius 1 is 1.12 bits per heavy atom. The molecule has 102 valence electrons. The molecule has 2 heteroatoms. The molecule has 1 rings (SSSR count). The highest BCUT2D eigenvalue weighted by molar-refractivity contribution is 4.72. The summed E-state index contributed by atoms with van der Waals surface area (Å²) >= 11 is 0. The van der Waals surface area contributed by atoms with Crippen LogP contribution >= 0.6 is 0 Å². The van der Waals surface area contributed by atoms with E-state index in [0.29, 0.717) is 0 Å². The van der Waals surface area contributed by atoms with Gasteiger partial charge in [0.1, 0.15) is 0 Å². The van der Waals surface area contributed by atoms with Crippen molar-refractivity contribution in [3.05, 3.63) is 0 Å². The van der Waals surface area contributed by atoms with E-state index < -0.39 is 0 Å². The van der Waals surface area contributed by atoms with Gasteiger partial charge in [-0.05, 0) is 38.6 Å². The number of unbranched alkanes of at least 4 members (excludes halogenated alkanes) is 4. The number of hydrogen-bond donors (Lipinski definition) is 1. The van der Waals surface area contributed by atoms with Gasteiger partial charge in [0.2, 0.25) is 0 Å². The summed E-state index contributed by atoms with van der Waals surface area (Å²) in [6.07, 6.45) is 12.2. The number of ether oxygens (including phenoxy) is 1. The van der Waals surface area contributed by atoms with Crippen LogP contribution in [0.2, 0.25) is 0 Å². The molecule has 0 bridgehead atoms. The van der Waals surface area contributed by atoms with E-state index >= 15 is 0 Å². The van der Waals surface area contributed by atoms with Gasteiger partial charge in [-0.15, -0.1) is 0 Å². The summed E-state index contributed by atoms with van der Waals surface area (Å²) in [7, 11) is 2.12. The Kier molecular flexibility index (Phi) is 8.72. The highest BCUT2D eigenvalue weighted by Crippen LogP contribution is 2.22. The Morgan fingerprint density at radius 2 is 1.82 bits per heavy atom. The standard InChI is InChI=1S/C15H31NO/c1-3-4-5-6-7-8-15(16-2)13-14-9-11-17-12-10-14/h14-16H,3-13H2,1-2H3. The Bertz CT molecular complexity index is 166. The summed E-state index contributed by atoms with van der Waals surface area (Å²) in [6, 6.07) is 0.736. The van der Waals surface area contributed by atoms with Crippen LogP contribution in [0.5, 0.6) is 0 Å². The number of nitrogens with one attached hydrogen (secondary N) is 1. The topological polar surface area (TPSA) is 21.3 Å². The third kappa shape index (κ3) is 7.05. The van der Waals surface area contributed by atoms with Gasteiger partial charge in [-0.3, -0.25) is 0 Å². The van der Waals surface area contributed by atoms with Gasteiger partial charge in [0.25, 0.3) is 0 Å². The predicted molar refractivity (Wildman–Crippen MR) is 74.4 cm³/mol. The lowest BCUT2D eigenvalue weighted by Gasteiger charge is -2.26. The van der Waals surface area contributed by atoms with Crippen LogP contribution in [0.3, 0.4) is 0 Å². The Hall–Kier alpha value is -0.0800. The first-order valence-electron chi connectivity index (χ1n) is 7.61. The van der Waals surface area contributed by atoms with E-state index in [0.717, 1.165) is 25.2 Å². The molecule has 0 amide bonds. The van der Waals surface area contributed by atoms with Gasteiger partial charge >= 0.3 is 0 Å². The van der Waals surface area contributed by atoms with Crippen LogP contribution in [0.1, 0.15) is 64.7 Å². The zero-order chi connectivity index (χ0) is 12.3.